The second kappa shape index (κ2) is 4.92. The van der Waals surface area contributed by atoms with Crippen LogP contribution in [0, 0.1) is 12.8 Å². The lowest BCUT2D eigenvalue weighted by Crippen LogP contribution is -2.13. The zero-order valence-corrected chi connectivity index (χ0v) is 12.1. The van der Waals surface area contributed by atoms with Crippen molar-refractivity contribution in [1.82, 2.24) is 10.2 Å². The molecule has 0 saturated heterocycles. The molecule has 3 nitrogen and oxygen atoms in total. The highest BCUT2D eigenvalue weighted by atomic mass is 15.1. The molecule has 0 spiro atoms. The van der Waals surface area contributed by atoms with E-state index in [2.05, 4.69) is 64.9 Å². The fourth-order valence-corrected chi connectivity index (χ4v) is 2.94. The average molecular weight is 277 g/mol. The largest absolute Gasteiger partial charge is 0.377 e. The van der Waals surface area contributed by atoms with Crippen molar-refractivity contribution >= 4 is 16.6 Å². The molecular formula is C18H19N3. The number of anilines is 1. The molecule has 2 aromatic carbocycles. The van der Waals surface area contributed by atoms with Crippen LogP contribution < -0.4 is 5.32 Å². The number of aromatic nitrogens is 2. The van der Waals surface area contributed by atoms with Crippen LogP contribution in [0.15, 0.2) is 48.7 Å². The summed E-state index contributed by atoms with van der Waals surface area (Å²) in [6.07, 6.45) is 4.52. The number of hydrogen-bond acceptors (Lipinski definition) is 2. The van der Waals surface area contributed by atoms with Crippen LogP contribution in [0.2, 0.25) is 0 Å². The molecule has 1 heterocycles. The minimum atomic E-state index is 0.395. The van der Waals surface area contributed by atoms with E-state index in [1.54, 1.807) is 0 Å². The van der Waals surface area contributed by atoms with Crippen molar-refractivity contribution in [2.45, 2.75) is 25.8 Å². The third-order valence-electron chi connectivity index (χ3n) is 4.33. The van der Waals surface area contributed by atoms with Crippen molar-refractivity contribution in [3.63, 3.8) is 0 Å². The summed E-state index contributed by atoms with van der Waals surface area (Å²) in [6.45, 7) is 2.13. The van der Waals surface area contributed by atoms with Crippen LogP contribution in [0.25, 0.3) is 10.9 Å². The second-order valence-corrected chi connectivity index (χ2v) is 6.01. The van der Waals surface area contributed by atoms with Gasteiger partial charge < -0.3 is 5.32 Å². The van der Waals surface area contributed by atoms with Gasteiger partial charge in [-0.1, -0.05) is 35.9 Å². The van der Waals surface area contributed by atoms with Gasteiger partial charge in [-0.25, -0.2) is 0 Å². The molecule has 0 amide bonds. The molecule has 1 saturated carbocycles. The molecule has 2 N–H and O–H groups in total. The van der Waals surface area contributed by atoms with Crippen molar-refractivity contribution in [3.8, 4) is 0 Å². The molecule has 106 valence electrons. The summed E-state index contributed by atoms with van der Waals surface area (Å²) in [5, 5.41) is 12.1. The number of fused-ring (bicyclic) bond motifs is 1. The lowest BCUT2D eigenvalue weighted by molar-refractivity contribution is 0.680. The number of aromatic amines is 1. The molecule has 1 unspecified atom stereocenters. The number of hydrogen-bond donors (Lipinski definition) is 2. The van der Waals surface area contributed by atoms with Crippen molar-refractivity contribution in [1.29, 1.82) is 0 Å². The van der Waals surface area contributed by atoms with Crippen LogP contribution in [0.5, 0.6) is 0 Å². The third kappa shape index (κ3) is 2.40. The van der Waals surface area contributed by atoms with Gasteiger partial charge in [0.05, 0.1) is 17.8 Å². The van der Waals surface area contributed by atoms with Gasteiger partial charge in [0.25, 0.3) is 0 Å². The Kier molecular flexibility index (Phi) is 2.92. The zero-order chi connectivity index (χ0) is 14.2. The first-order valence-corrected chi connectivity index (χ1v) is 7.56. The van der Waals surface area contributed by atoms with Crippen LogP contribution in [-0.2, 0) is 0 Å². The highest BCUT2D eigenvalue weighted by Crippen LogP contribution is 2.43. The molecule has 1 atom stereocenters. The smallest absolute Gasteiger partial charge is 0.0671 e. The maximum Gasteiger partial charge on any atom is 0.0671 e. The van der Waals surface area contributed by atoms with E-state index < -0.39 is 0 Å². The van der Waals surface area contributed by atoms with E-state index >= 15 is 0 Å². The number of rotatable bonds is 4. The fourth-order valence-electron chi connectivity index (χ4n) is 2.94. The molecule has 1 aromatic heterocycles. The first-order chi connectivity index (χ1) is 10.3. The van der Waals surface area contributed by atoms with Gasteiger partial charge >= 0.3 is 0 Å². The molecule has 3 aromatic rings. The maximum atomic E-state index is 4.15. The standard InChI is InChI=1S/C18H19N3/c1-12-5-7-13(8-6-12)18(14-9-10-14)20-16-3-2-4-17-15(16)11-19-21-17/h2-8,11,14,18,20H,9-10H2,1H3,(H,19,21). The lowest BCUT2D eigenvalue weighted by Gasteiger charge is -2.21. The van der Waals surface area contributed by atoms with Gasteiger partial charge in [-0.3, -0.25) is 5.10 Å². The Balaban J connectivity index is 1.69. The molecule has 0 radical (unpaired) electrons. The minimum Gasteiger partial charge on any atom is -0.377 e. The van der Waals surface area contributed by atoms with E-state index in [1.165, 1.54) is 29.7 Å². The summed E-state index contributed by atoms with van der Waals surface area (Å²) < 4.78 is 0. The van der Waals surface area contributed by atoms with Crippen molar-refractivity contribution in [2.75, 3.05) is 5.32 Å². The Bertz CT molecular complexity index is 753. The van der Waals surface area contributed by atoms with Crippen molar-refractivity contribution in [3.05, 3.63) is 59.8 Å². The van der Waals surface area contributed by atoms with E-state index in [1.807, 2.05) is 6.20 Å². The zero-order valence-electron chi connectivity index (χ0n) is 12.1. The molecule has 4 rings (SSSR count). The molecule has 3 heteroatoms. The van der Waals surface area contributed by atoms with E-state index in [0.29, 0.717) is 6.04 Å². The van der Waals surface area contributed by atoms with Crippen molar-refractivity contribution in [2.24, 2.45) is 5.92 Å². The summed E-state index contributed by atoms with van der Waals surface area (Å²) in [4.78, 5) is 0. The Morgan fingerprint density at radius 2 is 1.95 bits per heavy atom. The van der Waals surface area contributed by atoms with E-state index in [9.17, 15) is 0 Å². The van der Waals surface area contributed by atoms with Crippen LogP contribution in [-0.4, -0.2) is 10.2 Å². The normalized spacial score (nSPS) is 16.0. The van der Waals surface area contributed by atoms with Gasteiger partial charge in [-0.05, 0) is 43.4 Å². The Morgan fingerprint density at radius 3 is 2.71 bits per heavy atom. The number of H-pyrrole nitrogens is 1. The minimum absolute atomic E-state index is 0.395. The highest BCUT2D eigenvalue weighted by Gasteiger charge is 2.32. The Morgan fingerprint density at radius 1 is 1.14 bits per heavy atom. The third-order valence-corrected chi connectivity index (χ3v) is 4.33. The molecule has 1 aliphatic carbocycles. The van der Waals surface area contributed by atoms with Gasteiger partial charge in [0, 0.05) is 11.1 Å². The van der Waals surface area contributed by atoms with E-state index in [0.717, 1.165) is 16.8 Å². The molecule has 1 fully saturated rings. The quantitative estimate of drug-likeness (QED) is 0.740. The van der Waals surface area contributed by atoms with Gasteiger partial charge in [-0.2, -0.15) is 5.10 Å². The maximum absolute atomic E-state index is 4.15. The number of nitrogens with zero attached hydrogens (tertiary/aromatic N) is 1. The Hall–Kier alpha value is -2.29. The van der Waals surface area contributed by atoms with E-state index in [-0.39, 0.29) is 0 Å². The Labute approximate surface area is 124 Å². The van der Waals surface area contributed by atoms with Crippen LogP contribution in [0.3, 0.4) is 0 Å². The highest BCUT2D eigenvalue weighted by molar-refractivity contribution is 5.91. The predicted molar refractivity (Wildman–Crippen MR) is 86.4 cm³/mol. The second-order valence-electron chi connectivity index (χ2n) is 6.01. The molecule has 0 aliphatic heterocycles. The van der Waals surface area contributed by atoms with E-state index in [4.69, 9.17) is 0 Å². The summed E-state index contributed by atoms with van der Waals surface area (Å²) in [5.74, 6) is 0.745. The number of benzene rings is 2. The first-order valence-electron chi connectivity index (χ1n) is 7.56. The van der Waals surface area contributed by atoms with Gasteiger partial charge in [0.1, 0.15) is 0 Å². The topological polar surface area (TPSA) is 40.7 Å². The molecule has 21 heavy (non-hydrogen) atoms. The van der Waals surface area contributed by atoms with Crippen molar-refractivity contribution < 1.29 is 0 Å². The van der Waals surface area contributed by atoms with Crippen LogP contribution in [0.4, 0.5) is 5.69 Å². The van der Waals surface area contributed by atoms with Crippen LogP contribution in [0.1, 0.15) is 30.0 Å². The number of aryl methyl sites for hydroxylation is 1. The molecular weight excluding hydrogens is 258 g/mol. The summed E-state index contributed by atoms with van der Waals surface area (Å²) in [7, 11) is 0. The number of nitrogens with one attached hydrogen (secondary N) is 2. The van der Waals surface area contributed by atoms with Gasteiger partial charge in [0.15, 0.2) is 0 Å². The summed E-state index contributed by atoms with van der Waals surface area (Å²) in [5.41, 5.74) is 4.94. The average Bonchev–Trinajstić information content (AvgIpc) is 3.22. The monoisotopic (exact) mass is 277 g/mol. The lowest BCUT2D eigenvalue weighted by atomic mass is 10.0. The SMILES string of the molecule is Cc1ccc(C(Nc2cccc3[nH]ncc23)C2CC2)cc1. The van der Waals surface area contributed by atoms with Gasteiger partial charge in [0.2, 0.25) is 0 Å². The molecule has 0 bridgehead atoms. The first kappa shape index (κ1) is 12.5. The summed E-state index contributed by atoms with van der Waals surface area (Å²) >= 11 is 0. The van der Waals surface area contributed by atoms with Crippen LogP contribution >= 0.6 is 0 Å². The van der Waals surface area contributed by atoms with Gasteiger partial charge in [-0.15, -0.1) is 0 Å². The molecule has 1 aliphatic rings. The fraction of sp³-hybridized carbons (Fsp3) is 0.278. The predicted octanol–water partition coefficient (Wildman–Crippen LogP) is 4.43. The summed E-state index contributed by atoms with van der Waals surface area (Å²) in [6, 6.07) is 15.6.